The lowest BCUT2D eigenvalue weighted by Gasteiger charge is -2.16. The highest BCUT2D eigenvalue weighted by Crippen LogP contribution is 2.31. The average Bonchev–Trinajstić information content (AvgIpc) is 2.62. The summed E-state index contributed by atoms with van der Waals surface area (Å²) in [6.45, 7) is 3.81. The first-order valence-electron chi connectivity index (χ1n) is 5.59. The summed E-state index contributed by atoms with van der Waals surface area (Å²) in [7, 11) is 1.75. The highest BCUT2D eigenvalue weighted by Gasteiger charge is 2.21. The van der Waals surface area contributed by atoms with Crippen LogP contribution in [-0.2, 0) is 0 Å². The summed E-state index contributed by atoms with van der Waals surface area (Å²) >= 11 is 1.52. The molecule has 0 amide bonds. The van der Waals surface area contributed by atoms with Gasteiger partial charge in [-0.05, 0) is 27.0 Å². The summed E-state index contributed by atoms with van der Waals surface area (Å²) < 4.78 is 26.7. The largest absolute Gasteiger partial charge is 0.309 e. The van der Waals surface area contributed by atoms with Crippen LogP contribution in [0.3, 0.4) is 0 Å². The minimum absolute atomic E-state index is 0.295. The van der Waals surface area contributed by atoms with Crippen molar-refractivity contribution in [1.82, 2.24) is 10.3 Å². The molecule has 1 aromatic heterocycles. The Balaban J connectivity index is 2.48. The summed E-state index contributed by atoms with van der Waals surface area (Å²) in [6, 6.07) is 3.35. The van der Waals surface area contributed by atoms with Gasteiger partial charge in [-0.15, -0.1) is 11.3 Å². The Hall–Kier alpha value is -1.33. The predicted molar refractivity (Wildman–Crippen MR) is 68.8 cm³/mol. The maximum absolute atomic E-state index is 13.8. The third kappa shape index (κ3) is 2.42. The fourth-order valence-electron chi connectivity index (χ4n) is 1.98. The van der Waals surface area contributed by atoms with Crippen LogP contribution >= 0.6 is 11.3 Å². The van der Waals surface area contributed by atoms with E-state index in [1.54, 1.807) is 7.05 Å². The normalized spacial score (nSPS) is 12.7. The minimum atomic E-state index is -0.566. The molecule has 0 saturated carbocycles. The first-order valence-corrected chi connectivity index (χ1v) is 6.40. The van der Waals surface area contributed by atoms with Crippen LogP contribution in [0.2, 0.25) is 0 Å². The van der Waals surface area contributed by atoms with Crippen molar-refractivity contribution in [2.75, 3.05) is 7.05 Å². The molecule has 0 bridgehead atoms. The molecule has 18 heavy (non-hydrogen) atoms. The van der Waals surface area contributed by atoms with E-state index in [1.807, 2.05) is 13.8 Å². The van der Waals surface area contributed by atoms with E-state index in [4.69, 9.17) is 0 Å². The molecule has 0 fully saturated rings. The molecule has 2 nitrogen and oxygen atoms in total. The third-order valence-electron chi connectivity index (χ3n) is 2.76. The van der Waals surface area contributed by atoms with Gasteiger partial charge in [-0.3, -0.25) is 0 Å². The molecule has 0 saturated heterocycles. The van der Waals surface area contributed by atoms with E-state index in [0.717, 1.165) is 21.6 Å². The van der Waals surface area contributed by atoms with Crippen molar-refractivity contribution in [1.29, 1.82) is 0 Å². The van der Waals surface area contributed by atoms with Crippen molar-refractivity contribution in [2.45, 2.75) is 19.9 Å². The summed E-state index contributed by atoms with van der Waals surface area (Å²) in [5, 5.41) is 3.99. The molecule has 0 spiro atoms. The zero-order valence-corrected chi connectivity index (χ0v) is 11.2. The van der Waals surface area contributed by atoms with E-state index >= 15 is 0 Å². The van der Waals surface area contributed by atoms with Crippen molar-refractivity contribution >= 4 is 11.3 Å². The molecule has 0 aliphatic carbocycles. The third-order valence-corrected chi connectivity index (χ3v) is 3.90. The van der Waals surface area contributed by atoms with Gasteiger partial charge in [-0.25, -0.2) is 13.8 Å². The van der Waals surface area contributed by atoms with Crippen molar-refractivity contribution in [2.24, 2.45) is 0 Å². The number of aromatic nitrogens is 1. The average molecular weight is 268 g/mol. The molecule has 0 aliphatic rings. The number of halogens is 2. The molecular weight excluding hydrogens is 254 g/mol. The lowest BCUT2D eigenvalue weighted by Crippen LogP contribution is -2.18. The zero-order chi connectivity index (χ0) is 13.3. The summed E-state index contributed by atoms with van der Waals surface area (Å²) in [6.07, 6.45) is 0. The van der Waals surface area contributed by atoms with Crippen LogP contribution in [0.25, 0.3) is 0 Å². The molecule has 2 rings (SSSR count). The number of rotatable bonds is 3. The van der Waals surface area contributed by atoms with Crippen LogP contribution in [0.4, 0.5) is 8.78 Å². The zero-order valence-electron chi connectivity index (χ0n) is 10.4. The van der Waals surface area contributed by atoms with Gasteiger partial charge in [0.05, 0.1) is 16.7 Å². The van der Waals surface area contributed by atoms with Gasteiger partial charge in [0, 0.05) is 16.5 Å². The van der Waals surface area contributed by atoms with Crippen LogP contribution in [0.1, 0.15) is 27.2 Å². The lowest BCUT2D eigenvalue weighted by molar-refractivity contribution is 0.553. The Kier molecular flexibility index (Phi) is 3.73. The standard InChI is InChI=1S/C13H14F2N2S/c1-7-13(18-8(2)17-7)12(16-3)10-5-4-9(14)6-11(10)15/h4-6,12,16H,1-3H3. The molecule has 1 heterocycles. The fourth-order valence-corrected chi connectivity index (χ4v) is 3.04. The number of nitrogens with one attached hydrogen (secondary N) is 1. The second-order valence-corrected chi connectivity index (χ2v) is 5.30. The van der Waals surface area contributed by atoms with Crippen molar-refractivity contribution in [3.05, 3.63) is 51.0 Å². The monoisotopic (exact) mass is 268 g/mol. The van der Waals surface area contributed by atoms with E-state index in [-0.39, 0.29) is 6.04 Å². The highest BCUT2D eigenvalue weighted by atomic mass is 32.1. The van der Waals surface area contributed by atoms with Gasteiger partial charge in [-0.1, -0.05) is 6.07 Å². The topological polar surface area (TPSA) is 24.9 Å². The Morgan fingerprint density at radius 3 is 2.50 bits per heavy atom. The molecule has 96 valence electrons. The molecule has 5 heteroatoms. The van der Waals surface area contributed by atoms with Gasteiger partial charge in [0.2, 0.25) is 0 Å². The van der Waals surface area contributed by atoms with Crippen LogP contribution in [0.5, 0.6) is 0 Å². The van der Waals surface area contributed by atoms with E-state index < -0.39 is 11.6 Å². The Morgan fingerprint density at radius 2 is 2.00 bits per heavy atom. The molecule has 1 N–H and O–H groups in total. The molecule has 1 unspecified atom stereocenters. The number of hydrogen-bond acceptors (Lipinski definition) is 3. The summed E-state index contributed by atoms with van der Waals surface area (Å²) in [5.74, 6) is -1.11. The van der Waals surface area contributed by atoms with Crippen molar-refractivity contribution < 1.29 is 8.78 Å². The number of nitrogens with zero attached hydrogens (tertiary/aromatic N) is 1. The SMILES string of the molecule is CNC(c1ccc(F)cc1F)c1sc(C)nc1C. The second kappa shape index (κ2) is 5.12. The quantitative estimate of drug-likeness (QED) is 0.923. The van der Waals surface area contributed by atoms with E-state index in [0.29, 0.717) is 5.56 Å². The van der Waals surface area contributed by atoms with Gasteiger partial charge in [-0.2, -0.15) is 0 Å². The first-order chi connectivity index (χ1) is 8.52. The van der Waals surface area contributed by atoms with Gasteiger partial charge in [0.1, 0.15) is 11.6 Å². The maximum atomic E-state index is 13.8. The second-order valence-electron chi connectivity index (χ2n) is 4.07. The minimum Gasteiger partial charge on any atom is -0.309 e. The number of aryl methyl sites for hydroxylation is 2. The molecule has 0 aliphatic heterocycles. The van der Waals surface area contributed by atoms with Crippen LogP contribution in [-0.4, -0.2) is 12.0 Å². The van der Waals surface area contributed by atoms with Crippen LogP contribution in [0.15, 0.2) is 18.2 Å². The van der Waals surface area contributed by atoms with Gasteiger partial charge in [0.15, 0.2) is 0 Å². The molecule has 1 atom stereocenters. The van der Waals surface area contributed by atoms with Crippen molar-refractivity contribution in [3.63, 3.8) is 0 Å². The predicted octanol–water partition coefficient (Wildman–Crippen LogP) is 3.35. The number of benzene rings is 1. The molecule has 0 radical (unpaired) electrons. The van der Waals surface area contributed by atoms with Gasteiger partial charge >= 0.3 is 0 Å². The highest BCUT2D eigenvalue weighted by molar-refractivity contribution is 7.11. The van der Waals surface area contributed by atoms with E-state index in [2.05, 4.69) is 10.3 Å². The summed E-state index contributed by atoms with van der Waals surface area (Å²) in [5.41, 5.74) is 1.31. The summed E-state index contributed by atoms with van der Waals surface area (Å²) in [4.78, 5) is 5.29. The van der Waals surface area contributed by atoms with Crippen LogP contribution < -0.4 is 5.32 Å². The van der Waals surface area contributed by atoms with Gasteiger partial charge < -0.3 is 5.32 Å². The Morgan fingerprint density at radius 1 is 1.28 bits per heavy atom. The lowest BCUT2D eigenvalue weighted by atomic mass is 10.0. The van der Waals surface area contributed by atoms with E-state index in [1.165, 1.54) is 23.5 Å². The maximum Gasteiger partial charge on any atom is 0.131 e. The Labute approximate surface area is 109 Å². The van der Waals surface area contributed by atoms with Crippen molar-refractivity contribution in [3.8, 4) is 0 Å². The van der Waals surface area contributed by atoms with E-state index in [9.17, 15) is 8.78 Å². The fraction of sp³-hybridized carbons (Fsp3) is 0.308. The first kappa shape index (κ1) is 13.1. The smallest absolute Gasteiger partial charge is 0.131 e. The number of thiazole rings is 1. The molecular formula is C13H14F2N2S. The van der Waals surface area contributed by atoms with Gasteiger partial charge in [0.25, 0.3) is 0 Å². The van der Waals surface area contributed by atoms with Crippen LogP contribution in [0, 0.1) is 25.5 Å². The molecule has 2 aromatic rings. The molecule has 1 aromatic carbocycles. The number of hydrogen-bond donors (Lipinski definition) is 1. The Bertz CT molecular complexity index is 566.